The molecule has 0 amide bonds. The standard InChI is InChI=1S/C28H26N.C19H24N.Ir/c1-27(2,3)20-13-10-19(11-14-20)26-25-22(16-17-29-26)24-21-9-7-6-8-18(21)12-15-23(24)28(25,4)5;1-18(2,3)15-9-7-14(8-10-15)17-12-11-16(13-20-17)19(4,5)6;/h6-10,12-17H,1-5H3;7,9-13H,1-6H3;/q2*-1;. The molecule has 0 unspecified atom stereocenters. The Morgan fingerprint density at radius 3 is 1.70 bits per heavy atom. The van der Waals surface area contributed by atoms with E-state index in [1.807, 2.05) is 12.4 Å². The van der Waals surface area contributed by atoms with E-state index in [0.717, 1.165) is 22.5 Å². The van der Waals surface area contributed by atoms with Crippen molar-refractivity contribution in [2.75, 3.05) is 0 Å². The van der Waals surface area contributed by atoms with E-state index in [1.54, 1.807) is 0 Å². The van der Waals surface area contributed by atoms with Gasteiger partial charge in [0.2, 0.25) is 0 Å². The van der Waals surface area contributed by atoms with Gasteiger partial charge in [0.05, 0.1) is 0 Å². The zero-order chi connectivity index (χ0) is 35.4. The van der Waals surface area contributed by atoms with Crippen LogP contribution >= 0.6 is 0 Å². The minimum Gasteiger partial charge on any atom is -0.304 e. The molecule has 2 aromatic heterocycles. The fourth-order valence-electron chi connectivity index (χ4n) is 6.81. The molecule has 3 heteroatoms. The molecular formula is C47H50IrN2-2. The zero-order valence-electron chi connectivity index (χ0n) is 31.5. The van der Waals surface area contributed by atoms with Gasteiger partial charge in [-0.2, -0.15) is 0 Å². The molecule has 4 aromatic carbocycles. The summed E-state index contributed by atoms with van der Waals surface area (Å²) in [6.07, 6.45) is 3.92. The number of rotatable bonds is 2. The fourth-order valence-corrected chi connectivity index (χ4v) is 6.81. The molecule has 1 radical (unpaired) electrons. The Labute approximate surface area is 314 Å². The van der Waals surface area contributed by atoms with Gasteiger partial charge in [-0.05, 0) is 72.3 Å². The van der Waals surface area contributed by atoms with Gasteiger partial charge in [-0.3, -0.25) is 0 Å². The third-order valence-corrected chi connectivity index (χ3v) is 9.97. The van der Waals surface area contributed by atoms with E-state index in [1.165, 1.54) is 49.7 Å². The SMILES string of the molecule is CC(C)(C)c1c[c-]c(-c2ccc(C(C)(C)C)cn2)cc1.CC(C)(C)c1c[c-]c(-c2nccc3c2C(C)(C)c2ccc4ccccc4c2-3)cc1.[Ir]. The van der Waals surface area contributed by atoms with Crippen LogP contribution in [0.15, 0.2) is 103 Å². The Kier molecular flexibility index (Phi) is 10.2. The Morgan fingerprint density at radius 2 is 1.16 bits per heavy atom. The maximum absolute atomic E-state index is 4.84. The van der Waals surface area contributed by atoms with Crippen molar-refractivity contribution < 1.29 is 20.1 Å². The van der Waals surface area contributed by atoms with Crippen LogP contribution in [0.4, 0.5) is 0 Å². The minimum atomic E-state index is -0.102. The number of aromatic nitrogens is 2. The van der Waals surface area contributed by atoms with Crippen LogP contribution in [-0.4, -0.2) is 9.97 Å². The van der Waals surface area contributed by atoms with E-state index in [-0.39, 0.29) is 41.8 Å². The summed E-state index contributed by atoms with van der Waals surface area (Å²) in [6.45, 7) is 24.6. The van der Waals surface area contributed by atoms with Crippen molar-refractivity contribution >= 4 is 10.8 Å². The molecule has 0 spiro atoms. The molecule has 259 valence electrons. The number of fused-ring (bicyclic) bond motifs is 5. The van der Waals surface area contributed by atoms with Gasteiger partial charge in [-0.1, -0.05) is 125 Å². The molecule has 50 heavy (non-hydrogen) atoms. The molecule has 0 N–H and O–H groups in total. The number of hydrogen-bond acceptors (Lipinski definition) is 2. The van der Waals surface area contributed by atoms with Gasteiger partial charge in [0.25, 0.3) is 0 Å². The van der Waals surface area contributed by atoms with E-state index in [0.29, 0.717) is 0 Å². The van der Waals surface area contributed by atoms with Crippen molar-refractivity contribution in [2.24, 2.45) is 0 Å². The maximum atomic E-state index is 4.84. The Hall–Kier alpha value is -3.91. The molecular weight excluding hydrogens is 785 g/mol. The number of hydrogen-bond donors (Lipinski definition) is 0. The average molecular weight is 835 g/mol. The second-order valence-corrected chi connectivity index (χ2v) is 17.1. The third-order valence-electron chi connectivity index (χ3n) is 9.97. The molecule has 0 saturated carbocycles. The number of nitrogens with zero attached hydrogens (tertiary/aromatic N) is 2. The summed E-state index contributed by atoms with van der Waals surface area (Å²) in [4.78, 5) is 9.42. The summed E-state index contributed by atoms with van der Waals surface area (Å²) >= 11 is 0. The van der Waals surface area contributed by atoms with E-state index < -0.39 is 0 Å². The van der Waals surface area contributed by atoms with Gasteiger partial charge < -0.3 is 9.97 Å². The van der Waals surface area contributed by atoms with E-state index in [2.05, 4.69) is 184 Å². The zero-order valence-corrected chi connectivity index (χ0v) is 33.9. The number of benzene rings is 4. The quantitative estimate of drug-likeness (QED) is 0.162. The minimum absolute atomic E-state index is 0. The van der Waals surface area contributed by atoms with Crippen molar-refractivity contribution in [3.05, 3.63) is 143 Å². The summed E-state index contributed by atoms with van der Waals surface area (Å²) in [7, 11) is 0. The van der Waals surface area contributed by atoms with Crippen LogP contribution in [0, 0.1) is 12.1 Å². The van der Waals surface area contributed by atoms with Gasteiger partial charge in [0, 0.05) is 37.9 Å². The Bertz CT molecular complexity index is 2050. The first-order valence-electron chi connectivity index (χ1n) is 17.5. The molecule has 2 nitrogen and oxygen atoms in total. The van der Waals surface area contributed by atoms with E-state index >= 15 is 0 Å². The van der Waals surface area contributed by atoms with Crippen LogP contribution in [0.1, 0.15) is 104 Å². The Balaban J connectivity index is 0.000000204. The van der Waals surface area contributed by atoms with Crippen molar-refractivity contribution in [2.45, 2.75) is 97.8 Å². The molecule has 1 aliphatic rings. The molecule has 6 aromatic rings. The summed E-state index contributed by atoms with van der Waals surface area (Å²) < 4.78 is 0. The van der Waals surface area contributed by atoms with Gasteiger partial charge in [-0.15, -0.1) is 70.8 Å². The van der Waals surface area contributed by atoms with Crippen LogP contribution in [0.3, 0.4) is 0 Å². The van der Waals surface area contributed by atoms with Gasteiger partial charge in [0.1, 0.15) is 0 Å². The second kappa shape index (κ2) is 13.7. The fraction of sp³-hybridized carbons (Fsp3) is 0.319. The molecule has 7 rings (SSSR count). The summed E-state index contributed by atoms with van der Waals surface area (Å²) in [5, 5.41) is 2.61. The van der Waals surface area contributed by atoms with Crippen molar-refractivity contribution in [3.8, 4) is 33.6 Å². The average Bonchev–Trinajstić information content (AvgIpc) is 3.31. The molecule has 0 aliphatic heterocycles. The topological polar surface area (TPSA) is 25.8 Å². The Morgan fingerprint density at radius 1 is 0.580 bits per heavy atom. The number of pyridine rings is 2. The van der Waals surface area contributed by atoms with Crippen LogP contribution in [0.25, 0.3) is 44.4 Å². The molecule has 0 bridgehead atoms. The van der Waals surface area contributed by atoms with Crippen LogP contribution in [-0.2, 0) is 41.8 Å². The van der Waals surface area contributed by atoms with E-state index in [9.17, 15) is 0 Å². The first kappa shape index (κ1) is 37.3. The largest absolute Gasteiger partial charge is 0.304 e. The van der Waals surface area contributed by atoms with Gasteiger partial charge in [-0.25, -0.2) is 0 Å². The summed E-state index contributed by atoms with van der Waals surface area (Å²) in [5.41, 5.74) is 13.7. The smallest absolute Gasteiger partial charge is 0.0198 e. The van der Waals surface area contributed by atoms with Gasteiger partial charge >= 0.3 is 0 Å². The molecule has 0 fully saturated rings. The molecule has 0 saturated heterocycles. The first-order valence-corrected chi connectivity index (χ1v) is 17.5. The molecule has 0 atom stereocenters. The first-order chi connectivity index (χ1) is 23.0. The summed E-state index contributed by atoms with van der Waals surface area (Å²) in [6, 6.07) is 39.4. The summed E-state index contributed by atoms with van der Waals surface area (Å²) in [5.74, 6) is 0. The van der Waals surface area contributed by atoms with Crippen LogP contribution in [0.5, 0.6) is 0 Å². The molecule has 1 aliphatic carbocycles. The predicted molar refractivity (Wildman–Crippen MR) is 208 cm³/mol. The maximum Gasteiger partial charge on any atom is 0.0198 e. The van der Waals surface area contributed by atoms with Crippen molar-refractivity contribution in [1.82, 2.24) is 9.97 Å². The van der Waals surface area contributed by atoms with Crippen molar-refractivity contribution in [1.29, 1.82) is 0 Å². The van der Waals surface area contributed by atoms with Crippen LogP contribution < -0.4 is 0 Å². The third kappa shape index (κ3) is 7.27. The monoisotopic (exact) mass is 835 g/mol. The molecule has 2 heterocycles. The predicted octanol–water partition coefficient (Wildman–Crippen LogP) is 12.4. The van der Waals surface area contributed by atoms with E-state index in [4.69, 9.17) is 4.98 Å². The normalized spacial score (nSPS) is 13.5. The second-order valence-electron chi connectivity index (χ2n) is 17.1. The van der Waals surface area contributed by atoms with Crippen molar-refractivity contribution in [3.63, 3.8) is 0 Å². The van der Waals surface area contributed by atoms with Gasteiger partial charge in [0.15, 0.2) is 0 Å². The van der Waals surface area contributed by atoms with Crippen LogP contribution in [0.2, 0.25) is 0 Å².